The minimum absolute atomic E-state index is 0.303. The lowest BCUT2D eigenvalue weighted by Crippen LogP contribution is -2.31. The Morgan fingerprint density at radius 1 is 1.39 bits per heavy atom. The van der Waals surface area contributed by atoms with Crippen molar-refractivity contribution >= 4 is 28.8 Å². The molecule has 0 aliphatic rings. The predicted molar refractivity (Wildman–Crippen MR) is 92.2 cm³/mol. The largest absolute Gasteiger partial charge is 0.448 e. The SMILES string of the molecule is CC=Nc1nc(CCc2cccc(CCOC(=O)NN)c2)cs1. The molecule has 0 atom stereocenters. The zero-order chi connectivity index (χ0) is 16.5. The zero-order valence-corrected chi connectivity index (χ0v) is 13.8. The van der Waals surface area contributed by atoms with Crippen molar-refractivity contribution in [3.8, 4) is 0 Å². The average Bonchev–Trinajstić information content (AvgIpc) is 3.01. The number of nitrogens with two attached hydrogens (primary N) is 1. The highest BCUT2D eigenvalue weighted by Gasteiger charge is 2.03. The van der Waals surface area contributed by atoms with E-state index in [0.717, 1.165) is 29.2 Å². The van der Waals surface area contributed by atoms with E-state index in [1.54, 1.807) is 17.6 Å². The van der Waals surface area contributed by atoms with E-state index >= 15 is 0 Å². The van der Waals surface area contributed by atoms with Gasteiger partial charge in [-0.15, -0.1) is 11.3 Å². The molecule has 122 valence electrons. The fourth-order valence-corrected chi connectivity index (χ4v) is 2.85. The number of amides is 1. The molecule has 0 saturated carbocycles. The number of carbonyl (C=O) groups excluding carboxylic acids is 1. The minimum atomic E-state index is -0.616. The van der Waals surface area contributed by atoms with E-state index in [9.17, 15) is 4.79 Å². The molecule has 1 heterocycles. The average molecular weight is 332 g/mol. The van der Waals surface area contributed by atoms with Gasteiger partial charge in [-0.1, -0.05) is 24.3 Å². The van der Waals surface area contributed by atoms with Crippen LogP contribution >= 0.6 is 11.3 Å². The van der Waals surface area contributed by atoms with E-state index in [0.29, 0.717) is 13.0 Å². The van der Waals surface area contributed by atoms with Gasteiger partial charge in [0.1, 0.15) is 0 Å². The van der Waals surface area contributed by atoms with Gasteiger partial charge in [-0.05, 0) is 30.9 Å². The first kappa shape index (κ1) is 17.1. The number of hydrogen-bond acceptors (Lipinski definition) is 6. The van der Waals surface area contributed by atoms with Crippen LogP contribution in [0.1, 0.15) is 23.7 Å². The molecule has 6 nitrogen and oxygen atoms in total. The summed E-state index contributed by atoms with van der Waals surface area (Å²) >= 11 is 1.55. The Kier molecular flexibility index (Phi) is 6.71. The number of nitrogens with zero attached hydrogens (tertiary/aromatic N) is 2. The summed E-state index contributed by atoms with van der Waals surface area (Å²) in [6.07, 6.45) is 3.59. The van der Waals surface area contributed by atoms with Crippen molar-refractivity contribution in [3.05, 3.63) is 46.5 Å². The molecule has 0 saturated heterocycles. The second-order valence-corrected chi connectivity index (χ2v) is 5.70. The van der Waals surface area contributed by atoms with Crippen molar-refractivity contribution in [2.45, 2.75) is 26.2 Å². The van der Waals surface area contributed by atoms with Gasteiger partial charge < -0.3 is 4.74 Å². The van der Waals surface area contributed by atoms with Crippen molar-refractivity contribution < 1.29 is 9.53 Å². The number of aliphatic imine (C=N–C) groups is 1. The summed E-state index contributed by atoms with van der Waals surface area (Å²) in [7, 11) is 0. The molecule has 0 spiro atoms. The summed E-state index contributed by atoms with van der Waals surface area (Å²) in [6.45, 7) is 2.18. The van der Waals surface area contributed by atoms with Gasteiger partial charge in [0.2, 0.25) is 5.13 Å². The van der Waals surface area contributed by atoms with Gasteiger partial charge in [0.05, 0.1) is 12.3 Å². The van der Waals surface area contributed by atoms with Crippen LogP contribution in [0.5, 0.6) is 0 Å². The van der Waals surface area contributed by atoms with Crippen LogP contribution in [0.25, 0.3) is 0 Å². The van der Waals surface area contributed by atoms with Gasteiger partial charge in [-0.3, -0.25) is 5.43 Å². The van der Waals surface area contributed by atoms with Gasteiger partial charge in [0.25, 0.3) is 0 Å². The lowest BCUT2D eigenvalue weighted by Gasteiger charge is -2.06. The fourth-order valence-electron chi connectivity index (χ4n) is 2.10. The van der Waals surface area contributed by atoms with Crippen molar-refractivity contribution in [1.29, 1.82) is 0 Å². The van der Waals surface area contributed by atoms with E-state index < -0.39 is 6.09 Å². The summed E-state index contributed by atoms with van der Waals surface area (Å²) < 4.78 is 4.89. The molecule has 1 amide bonds. The van der Waals surface area contributed by atoms with Crippen molar-refractivity contribution in [1.82, 2.24) is 10.4 Å². The molecule has 1 aromatic heterocycles. The number of aromatic nitrogens is 1. The quantitative estimate of drug-likeness (QED) is 0.353. The zero-order valence-electron chi connectivity index (χ0n) is 13.0. The Labute approximate surface area is 139 Å². The van der Waals surface area contributed by atoms with E-state index in [-0.39, 0.29) is 0 Å². The van der Waals surface area contributed by atoms with Gasteiger partial charge in [-0.25, -0.2) is 20.6 Å². The number of nitrogens with one attached hydrogen (secondary N) is 1. The molecular weight excluding hydrogens is 312 g/mol. The van der Waals surface area contributed by atoms with E-state index in [1.807, 2.05) is 29.9 Å². The van der Waals surface area contributed by atoms with Gasteiger partial charge in [0.15, 0.2) is 0 Å². The standard InChI is InChI=1S/C16H20N4O2S/c1-2-18-15-19-14(11-23-15)7-6-12-4-3-5-13(10-12)8-9-22-16(21)20-17/h2-5,10-11H,6-9,17H2,1H3,(H,20,21). The van der Waals surface area contributed by atoms with Crippen LogP contribution in [-0.2, 0) is 24.0 Å². The van der Waals surface area contributed by atoms with Crippen molar-refractivity contribution in [3.63, 3.8) is 0 Å². The monoisotopic (exact) mass is 332 g/mol. The normalized spacial score (nSPS) is 10.9. The molecule has 23 heavy (non-hydrogen) atoms. The summed E-state index contributed by atoms with van der Waals surface area (Å²) in [4.78, 5) is 19.5. The molecule has 0 aliphatic heterocycles. The Morgan fingerprint density at radius 3 is 2.91 bits per heavy atom. The number of rotatable bonds is 7. The number of benzene rings is 1. The Morgan fingerprint density at radius 2 is 2.17 bits per heavy atom. The van der Waals surface area contributed by atoms with Crippen LogP contribution in [0.2, 0.25) is 0 Å². The molecular formula is C16H20N4O2S. The summed E-state index contributed by atoms with van der Waals surface area (Å²) in [5, 5.41) is 2.84. The third-order valence-corrected chi connectivity index (χ3v) is 3.98. The fraction of sp³-hybridized carbons (Fsp3) is 0.312. The Hall–Kier alpha value is -2.25. The van der Waals surface area contributed by atoms with E-state index in [2.05, 4.69) is 22.1 Å². The topological polar surface area (TPSA) is 89.6 Å². The van der Waals surface area contributed by atoms with E-state index in [4.69, 9.17) is 10.6 Å². The molecule has 3 N–H and O–H groups in total. The molecule has 0 fully saturated rings. The second kappa shape index (κ2) is 9.02. The lowest BCUT2D eigenvalue weighted by molar-refractivity contribution is 0.147. The first-order valence-electron chi connectivity index (χ1n) is 7.35. The molecule has 2 rings (SSSR count). The smallest absolute Gasteiger partial charge is 0.421 e. The van der Waals surface area contributed by atoms with Crippen LogP contribution in [0.3, 0.4) is 0 Å². The first-order valence-corrected chi connectivity index (χ1v) is 8.23. The molecule has 7 heteroatoms. The molecule has 2 aromatic rings. The summed E-state index contributed by atoms with van der Waals surface area (Å²) in [5.41, 5.74) is 5.36. The Bertz CT molecular complexity index is 670. The maximum atomic E-state index is 10.9. The number of carbonyl (C=O) groups is 1. The maximum Gasteiger partial charge on any atom is 0.421 e. The van der Waals surface area contributed by atoms with Crippen LogP contribution in [-0.4, -0.2) is 23.9 Å². The van der Waals surface area contributed by atoms with Crippen molar-refractivity contribution in [2.24, 2.45) is 10.8 Å². The maximum absolute atomic E-state index is 10.9. The lowest BCUT2D eigenvalue weighted by atomic mass is 10.0. The highest BCUT2D eigenvalue weighted by molar-refractivity contribution is 7.13. The number of ether oxygens (including phenoxy) is 1. The van der Waals surface area contributed by atoms with Gasteiger partial charge >= 0.3 is 6.09 Å². The molecule has 0 bridgehead atoms. The second-order valence-electron chi connectivity index (χ2n) is 4.86. The van der Waals surface area contributed by atoms with Crippen LogP contribution < -0.4 is 11.3 Å². The first-order chi connectivity index (χ1) is 11.2. The number of thiazole rings is 1. The van der Waals surface area contributed by atoms with E-state index in [1.165, 1.54) is 5.56 Å². The number of hydrazine groups is 1. The molecule has 0 radical (unpaired) electrons. The molecule has 1 aromatic carbocycles. The highest BCUT2D eigenvalue weighted by Crippen LogP contribution is 2.19. The van der Waals surface area contributed by atoms with Crippen LogP contribution in [0.15, 0.2) is 34.6 Å². The highest BCUT2D eigenvalue weighted by atomic mass is 32.1. The number of aryl methyl sites for hydroxylation is 2. The van der Waals surface area contributed by atoms with Crippen molar-refractivity contribution in [2.75, 3.05) is 6.61 Å². The third-order valence-electron chi connectivity index (χ3n) is 3.18. The Balaban J connectivity index is 1.85. The molecule has 0 aliphatic carbocycles. The minimum Gasteiger partial charge on any atom is -0.448 e. The summed E-state index contributed by atoms with van der Waals surface area (Å²) in [6, 6.07) is 8.25. The van der Waals surface area contributed by atoms with Crippen LogP contribution in [0.4, 0.5) is 9.93 Å². The number of hydrogen-bond donors (Lipinski definition) is 2. The van der Waals surface area contributed by atoms with Crippen LogP contribution in [0, 0.1) is 0 Å². The summed E-state index contributed by atoms with van der Waals surface area (Å²) in [5.74, 6) is 4.95. The van der Waals surface area contributed by atoms with Gasteiger partial charge in [0, 0.05) is 18.0 Å². The predicted octanol–water partition coefficient (Wildman–Crippen LogP) is 2.79. The molecule has 0 unspecified atom stereocenters. The third kappa shape index (κ3) is 5.80. The van der Waals surface area contributed by atoms with Gasteiger partial charge in [-0.2, -0.15) is 0 Å².